The van der Waals surface area contributed by atoms with Gasteiger partial charge in [0.1, 0.15) is 0 Å². The Morgan fingerprint density at radius 1 is 1.17 bits per heavy atom. The Balaban J connectivity index is 0. The molecule has 6 heteroatoms. The molecule has 0 amide bonds. The van der Waals surface area contributed by atoms with Crippen molar-refractivity contribution in [2.75, 3.05) is 0 Å². The third-order valence-electron chi connectivity index (χ3n) is 0. The van der Waals surface area contributed by atoms with Crippen molar-refractivity contribution in [1.29, 1.82) is 0 Å². The Kier molecular flexibility index (Phi) is 4.51. The predicted molar refractivity (Wildman–Crippen MR) is 14.3 cm³/mol. The van der Waals surface area contributed by atoms with Crippen LogP contribution in [0.3, 0.4) is 0 Å². The fraction of sp³-hybridized carbons (Fsp3) is 0. The molecule has 3 N–H and O–H groups in total. The van der Waals surface area contributed by atoms with E-state index in [4.69, 9.17) is 19.2 Å². The van der Waals surface area contributed by atoms with Crippen LogP contribution in [0.25, 0.3) is 0 Å². The molecule has 0 aliphatic rings. The molecule has 0 fully saturated rings. The molecule has 0 aliphatic heterocycles. The molecule has 0 aromatic heterocycles. The second kappa shape index (κ2) is 2.76. The molecule has 6 heavy (non-hydrogen) atoms. The summed E-state index contributed by atoms with van der Waals surface area (Å²) in [7, 11) is -4.64. The molecule has 0 spiro atoms. The van der Waals surface area contributed by atoms with E-state index in [-0.39, 0.29) is 17.4 Å². The van der Waals surface area contributed by atoms with Gasteiger partial charge in [0.25, 0.3) is 0 Å². The quantitative estimate of drug-likeness (QED) is 0.390. The molecule has 0 aliphatic carbocycles. The minimum Gasteiger partial charge on any atom is -0.303 e. The first-order chi connectivity index (χ1) is 2.00. The van der Waals surface area contributed by atoms with Crippen molar-refractivity contribution in [2.45, 2.75) is 0 Å². The van der Waals surface area contributed by atoms with E-state index in [1.165, 1.54) is 0 Å². The third kappa shape index (κ3) is 149. The first-order valence-corrected chi connectivity index (χ1v) is 2.35. The van der Waals surface area contributed by atoms with Crippen LogP contribution in [-0.4, -0.2) is 14.7 Å². The maximum atomic E-state index is 8.88. The standard InChI is InChI=1S/Cr.H3O4P/c;1-5(2,3)4/h;(H3,1,2,3,4). The van der Waals surface area contributed by atoms with Crippen LogP contribution in [0, 0.1) is 0 Å². The van der Waals surface area contributed by atoms with Gasteiger partial charge in [0, 0.05) is 17.4 Å². The summed E-state index contributed by atoms with van der Waals surface area (Å²) >= 11 is 0. The Morgan fingerprint density at radius 2 is 1.17 bits per heavy atom. The normalized spacial score (nSPS) is 9.83. The van der Waals surface area contributed by atoms with E-state index in [9.17, 15) is 0 Å². The summed E-state index contributed by atoms with van der Waals surface area (Å²) in [5.41, 5.74) is 0. The molecule has 0 rings (SSSR count). The molecule has 0 saturated heterocycles. The van der Waals surface area contributed by atoms with Crippen molar-refractivity contribution in [2.24, 2.45) is 0 Å². The summed E-state index contributed by atoms with van der Waals surface area (Å²) in [6.45, 7) is 0. The minimum absolute atomic E-state index is 0. The number of hydrogen-bond acceptors (Lipinski definition) is 1. The second-order valence-corrected chi connectivity index (χ2v) is 1.54. The van der Waals surface area contributed by atoms with Crippen LogP contribution in [0.15, 0.2) is 0 Å². The number of phosphoric acid groups is 1. The monoisotopic (exact) mass is 150 g/mol. The van der Waals surface area contributed by atoms with Crippen molar-refractivity contribution in [3.8, 4) is 0 Å². The minimum atomic E-state index is -4.64. The van der Waals surface area contributed by atoms with Crippen LogP contribution in [0.2, 0.25) is 0 Å². The van der Waals surface area contributed by atoms with E-state index in [2.05, 4.69) is 0 Å². The van der Waals surface area contributed by atoms with Crippen LogP contribution in [-0.2, 0) is 21.9 Å². The number of rotatable bonds is 0. The van der Waals surface area contributed by atoms with E-state index >= 15 is 0 Å². The van der Waals surface area contributed by atoms with Gasteiger partial charge in [0.2, 0.25) is 0 Å². The average molecular weight is 150 g/mol. The zero-order valence-electron chi connectivity index (χ0n) is 2.61. The van der Waals surface area contributed by atoms with E-state index in [1.807, 2.05) is 0 Å². The molecule has 4 nitrogen and oxygen atoms in total. The third-order valence-corrected chi connectivity index (χ3v) is 0. The molecule has 0 aromatic carbocycles. The van der Waals surface area contributed by atoms with Gasteiger partial charge in [-0.15, -0.1) is 0 Å². The molecular formula is H3CrO4P. The van der Waals surface area contributed by atoms with E-state index < -0.39 is 7.82 Å². The molecular weight excluding hydrogens is 147 g/mol. The predicted octanol–water partition coefficient (Wildman–Crippen LogP) is -0.931. The fourth-order valence-corrected chi connectivity index (χ4v) is 0. The molecule has 0 unspecified atom stereocenters. The van der Waals surface area contributed by atoms with Crippen LogP contribution < -0.4 is 0 Å². The molecule has 0 heterocycles. The van der Waals surface area contributed by atoms with Gasteiger partial charge in [-0.1, -0.05) is 0 Å². The Labute approximate surface area is 45.2 Å². The topological polar surface area (TPSA) is 77.8 Å². The summed E-state index contributed by atoms with van der Waals surface area (Å²) in [5, 5.41) is 0. The zero-order chi connectivity index (χ0) is 4.50. The molecule has 0 bridgehead atoms. The van der Waals surface area contributed by atoms with E-state index in [1.54, 1.807) is 0 Å². The summed E-state index contributed by atoms with van der Waals surface area (Å²) in [4.78, 5) is 21.6. The molecule has 0 radical (unpaired) electrons. The van der Waals surface area contributed by atoms with Gasteiger partial charge in [-0.05, 0) is 0 Å². The Bertz CT molecular complexity index is 53.7. The SMILES string of the molecule is O=P(O)(O)O.[Cr]. The van der Waals surface area contributed by atoms with Crippen molar-refractivity contribution in [3.63, 3.8) is 0 Å². The Morgan fingerprint density at radius 3 is 1.17 bits per heavy atom. The summed E-state index contributed by atoms with van der Waals surface area (Å²) in [6.07, 6.45) is 0. The Hall–Kier alpha value is 0.642. The van der Waals surface area contributed by atoms with Crippen molar-refractivity contribution >= 4 is 7.82 Å². The van der Waals surface area contributed by atoms with Gasteiger partial charge >= 0.3 is 7.82 Å². The van der Waals surface area contributed by atoms with Gasteiger partial charge in [0.15, 0.2) is 0 Å². The fourth-order valence-electron chi connectivity index (χ4n) is 0. The molecule has 0 aromatic rings. The van der Waals surface area contributed by atoms with Gasteiger partial charge in [-0.25, -0.2) is 4.57 Å². The van der Waals surface area contributed by atoms with Crippen molar-refractivity contribution < 1.29 is 36.6 Å². The first kappa shape index (κ1) is 9.81. The van der Waals surface area contributed by atoms with E-state index in [0.717, 1.165) is 0 Å². The van der Waals surface area contributed by atoms with Gasteiger partial charge < -0.3 is 14.7 Å². The van der Waals surface area contributed by atoms with Crippen LogP contribution in [0.4, 0.5) is 0 Å². The maximum absolute atomic E-state index is 8.88. The van der Waals surface area contributed by atoms with Crippen molar-refractivity contribution in [1.82, 2.24) is 0 Å². The summed E-state index contributed by atoms with van der Waals surface area (Å²) in [5.74, 6) is 0. The smallest absolute Gasteiger partial charge is 0.303 e. The van der Waals surface area contributed by atoms with Crippen LogP contribution in [0.1, 0.15) is 0 Å². The number of hydrogen-bond donors (Lipinski definition) is 3. The molecule has 0 atom stereocenters. The average Bonchev–Trinajstić information content (AvgIpc) is 0.722. The molecule has 38 valence electrons. The largest absolute Gasteiger partial charge is 0.466 e. The van der Waals surface area contributed by atoms with Crippen LogP contribution in [0.5, 0.6) is 0 Å². The van der Waals surface area contributed by atoms with Crippen molar-refractivity contribution in [3.05, 3.63) is 0 Å². The second-order valence-electron chi connectivity index (χ2n) is 0.513. The first-order valence-electron chi connectivity index (χ1n) is 0.783. The van der Waals surface area contributed by atoms with Crippen LogP contribution >= 0.6 is 7.82 Å². The maximum Gasteiger partial charge on any atom is 0.466 e. The van der Waals surface area contributed by atoms with Gasteiger partial charge in [-0.2, -0.15) is 0 Å². The van der Waals surface area contributed by atoms with E-state index in [0.29, 0.717) is 0 Å². The summed E-state index contributed by atoms with van der Waals surface area (Å²) in [6, 6.07) is 0. The molecule has 0 saturated carbocycles. The zero-order valence-corrected chi connectivity index (χ0v) is 4.77. The summed E-state index contributed by atoms with van der Waals surface area (Å²) < 4.78 is 8.88. The van der Waals surface area contributed by atoms with Gasteiger partial charge in [-0.3, -0.25) is 0 Å². The van der Waals surface area contributed by atoms with Gasteiger partial charge in [0.05, 0.1) is 0 Å².